The minimum Gasteiger partial charge on any atom is -0.356 e. The number of hydrogen-bond acceptors (Lipinski definition) is 6. The van der Waals surface area contributed by atoms with Crippen LogP contribution >= 0.6 is 11.6 Å². The van der Waals surface area contributed by atoms with E-state index < -0.39 is 0 Å². The molecular weight excluding hydrogens is 360 g/mol. The number of pyridine rings is 1. The van der Waals surface area contributed by atoms with E-state index in [0.29, 0.717) is 30.8 Å². The summed E-state index contributed by atoms with van der Waals surface area (Å²) in [5.74, 6) is 0. The van der Waals surface area contributed by atoms with E-state index in [-0.39, 0.29) is 6.04 Å². The summed E-state index contributed by atoms with van der Waals surface area (Å²) in [6, 6.07) is 13.8. The summed E-state index contributed by atoms with van der Waals surface area (Å²) in [4.78, 5) is 11.2. The maximum absolute atomic E-state index is 9.33. The number of nitriles is 1. The Morgan fingerprint density at radius 3 is 3.00 bits per heavy atom. The van der Waals surface area contributed by atoms with Crippen molar-refractivity contribution < 1.29 is 0 Å². The number of azo groups is 1. The van der Waals surface area contributed by atoms with Crippen LogP contribution in [0.15, 0.2) is 63.4 Å². The largest absolute Gasteiger partial charge is 0.356 e. The van der Waals surface area contributed by atoms with Gasteiger partial charge in [-0.2, -0.15) is 15.5 Å². The molecule has 0 saturated carbocycles. The number of aliphatic imine (C=N–C) groups is 1. The molecule has 0 bridgehead atoms. The van der Waals surface area contributed by atoms with Crippen molar-refractivity contribution in [3.63, 3.8) is 0 Å². The summed E-state index contributed by atoms with van der Waals surface area (Å²) in [6.45, 7) is 2.00. The minimum absolute atomic E-state index is 0.0564. The van der Waals surface area contributed by atoms with Gasteiger partial charge in [0.2, 0.25) is 0 Å². The number of halogens is 1. The molecule has 7 heteroatoms. The number of nitrogens with zero attached hydrogens (tertiary/aromatic N) is 6. The van der Waals surface area contributed by atoms with Gasteiger partial charge in [-0.1, -0.05) is 29.8 Å². The van der Waals surface area contributed by atoms with E-state index in [2.05, 4.69) is 31.2 Å². The second kappa shape index (κ2) is 7.68. The summed E-state index contributed by atoms with van der Waals surface area (Å²) >= 11 is 6.26. The average molecular weight is 377 g/mol. The SMILES string of the molecule is N#CC1=C(c2ccnc(C3CN(Cc4ccccc4Cl)C=N3)c2)N=NCC1. The van der Waals surface area contributed by atoms with Crippen LogP contribution in [0.4, 0.5) is 0 Å². The lowest BCUT2D eigenvalue weighted by Gasteiger charge is -2.17. The second-order valence-electron chi connectivity index (χ2n) is 6.42. The minimum atomic E-state index is -0.0564. The highest BCUT2D eigenvalue weighted by atomic mass is 35.5. The molecular formula is C20H17ClN6. The molecule has 0 amide bonds. The van der Waals surface area contributed by atoms with Crippen molar-refractivity contribution in [1.82, 2.24) is 9.88 Å². The molecule has 1 unspecified atom stereocenters. The Kier molecular flexibility index (Phi) is 4.95. The van der Waals surface area contributed by atoms with Crippen molar-refractivity contribution in [1.29, 1.82) is 5.26 Å². The quantitative estimate of drug-likeness (QED) is 0.792. The van der Waals surface area contributed by atoms with Crippen LogP contribution in [0.25, 0.3) is 5.70 Å². The summed E-state index contributed by atoms with van der Waals surface area (Å²) in [5.41, 5.74) is 4.09. The molecule has 0 saturated heterocycles. The first-order valence-corrected chi connectivity index (χ1v) is 9.10. The van der Waals surface area contributed by atoms with Crippen LogP contribution in [-0.2, 0) is 6.54 Å². The lowest BCUT2D eigenvalue weighted by atomic mass is 10.0. The molecule has 0 N–H and O–H groups in total. The van der Waals surface area contributed by atoms with Gasteiger partial charge in [-0.15, -0.1) is 0 Å². The van der Waals surface area contributed by atoms with Crippen molar-refractivity contribution >= 4 is 23.6 Å². The van der Waals surface area contributed by atoms with Gasteiger partial charge in [0.1, 0.15) is 11.7 Å². The van der Waals surface area contributed by atoms with E-state index in [1.165, 1.54) is 0 Å². The zero-order chi connectivity index (χ0) is 18.6. The molecule has 1 aromatic heterocycles. The zero-order valence-electron chi connectivity index (χ0n) is 14.6. The molecule has 0 radical (unpaired) electrons. The van der Waals surface area contributed by atoms with E-state index in [1.807, 2.05) is 42.7 Å². The lowest BCUT2D eigenvalue weighted by molar-refractivity contribution is 0.427. The first-order chi connectivity index (χ1) is 13.2. The Hall–Kier alpha value is -3.04. The van der Waals surface area contributed by atoms with E-state index in [0.717, 1.165) is 28.4 Å². The van der Waals surface area contributed by atoms with Gasteiger partial charge >= 0.3 is 0 Å². The van der Waals surface area contributed by atoms with Gasteiger partial charge in [0, 0.05) is 36.3 Å². The smallest absolute Gasteiger partial charge is 0.111 e. The Balaban J connectivity index is 1.52. The van der Waals surface area contributed by atoms with Crippen LogP contribution in [-0.4, -0.2) is 29.3 Å². The first-order valence-electron chi connectivity index (χ1n) is 8.72. The summed E-state index contributed by atoms with van der Waals surface area (Å²) in [5, 5.41) is 18.4. The van der Waals surface area contributed by atoms with Gasteiger partial charge in [0.15, 0.2) is 0 Å². The molecule has 2 aromatic rings. The normalized spacial score (nSPS) is 18.8. The summed E-state index contributed by atoms with van der Waals surface area (Å²) in [7, 11) is 0. The predicted molar refractivity (Wildman–Crippen MR) is 104 cm³/mol. The number of hydrogen-bond donors (Lipinski definition) is 0. The molecule has 0 fully saturated rings. The van der Waals surface area contributed by atoms with Gasteiger partial charge in [-0.25, -0.2) is 0 Å². The number of rotatable bonds is 4. The third kappa shape index (κ3) is 3.74. The summed E-state index contributed by atoms with van der Waals surface area (Å²) in [6.07, 6.45) is 4.21. The van der Waals surface area contributed by atoms with Gasteiger partial charge in [-0.05, 0) is 23.8 Å². The topological polar surface area (TPSA) is 77.0 Å². The molecule has 1 aromatic carbocycles. The maximum Gasteiger partial charge on any atom is 0.111 e. The molecule has 4 rings (SSSR count). The third-order valence-corrected chi connectivity index (χ3v) is 4.97. The van der Waals surface area contributed by atoms with E-state index >= 15 is 0 Å². The molecule has 1 atom stereocenters. The van der Waals surface area contributed by atoms with Gasteiger partial charge < -0.3 is 4.90 Å². The third-order valence-electron chi connectivity index (χ3n) is 4.60. The van der Waals surface area contributed by atoms with Crippen LogP contribution in [0, 0.1) is 11.3 Å². The van der Waals surface area contributed by atoms with Crippen LogP contribution in [0.5, 0.6) is 0 Å². The van der Waals surface area contributed by atoms with Crippen molar-refractivity contribution in [2.24, 2.45) is 15.2 Å². The molecule has 6 nitrogen and oxygen atoms in total. The Labute approximate surface area is 162 Å². The van der Waals surface area contributed by atoms with Gasteiger partial charge in [-0.3, -0.25) is 9.98 Å². The van der Waals surface area contributed by atoms with Crippen molar-refractivity contribution in [3.8, 4) is 6.07 Å². The molecule has 0 spiro atoms. The molecule has 3 heterocycles. The highest BCUT2D eigenvalue weighted by Crippen LogP contribution is 2.29. The Morgan fingerprint density at radius 2 is 2.15 bits per heavy atom. The van der Waals surface area contributed by atoms with Crippen LogP contribution in [0.2, 0.25) is 5.02 Å². The molecule has 2 aliphatic heterocycles. The van der Waals surface area contributed by atoms with Crippen molar-refractivity contribution in [2.45, 2.75) is 19.0 Å². The Morgan fingerprint density at radius 1 is 1.26 bits per heavy atom. The number of benzene rings is 1. The van der Waals surface area contributed by atoms with Gasteiger partial charge in [0.25, 0.3) is 0 Å². The standard InChI is InChI=1S/C20H17ClN6/c21-17-4-2-1-3-16(17)11-27-12-19(24-13-27)18-9-14(5-7-23-18)20-15(10-22)6-8-25-26-20/h1-5,7,9,13,19H,6,8,11-12H2. The van der Waals surface area contributed by atoms with E-state index in [9.17, 15) is 5.26 Å². The highest BCUT2D eigenvalue weighted by molar-refractivity contribution is 6.31. The molecule has 27 heavy (non-hydrogen) atoms. The van der Waals surface area contributed by atoms with Gasteiger partial charge in [0.05, 0.1) is 30.2 Å². The second-order valence-corrected chi connectivity index (χ2v) is 6.83. The average Bonchev–Trinajstić information content (AvgIpc) is 3.18. The first kappa shape index (κ1) is 17.4. The fourth-order valence-electron chi connectivity index (χ4n) is 3.19. The Bertz CT molecular complexity index is 988. The van der Waals surface area contributed by atoms with Crippen LogP contribution in [0.1, 0.15) is 29.3 Å². The fourth-order valence-corrected chi connectivity index (χ4v) is 3.39. The predicted octanol–water partition coefficient (Wildman–Crippen LogP) is 4.41. The number of aromatic nitrogens is 1. The zero-order valence-corrected chi connectivity index (χ0v) is 15.3. The highest BCUT2D eigenvalue weighted by Gasteiger charge is 2.22. The fraction of sp³-hybridized carbons (Fsp3) is 0.250. The van der Waals surface area contributed by atoms with E-state index in [1.54, 1.807) is 6.20 Å². The van der Waals surface area contributed by atoms with Crippen molar-refractivity contribution in [3.05, 3.63) is 70.0 Å². The van der Waals surface area contributed by atoms with Crippen LogP contribution < -0.4 is 0 Å². The maximum atomic E-state index is 9.33. The summed E-state index contributed by atoms with van der Waals surface area (Å²) < 4.78 is 0. The molecule has 0 aliphatic carbocycles. The van der Waals surface area contributed by atoms with Crippen LogP contribution in [0.3, 0.4) is 0 Å². The monoisotopic (exact) mass is 376 g/mol. The van der Waals surface area contributed by atoms with Crippen molar-refractivity contribution in [2.75, 3.05) is 13.1 Å². The van der Waals surface area contributed by atoms with E-state index in [4.69, 9.17) is 11.6 Å². The lowest BCUT2D eigenvalue weighted by Crippen LogP contribution is -2.20. The molecule has 2 aliphatic rings. The molecule has 134 valence electrons.